The van der Waals surface area contributed by atoms with Gasteiger partial charge in [-0.1, -0.05) is 52.3 Å². The standard InChI is InChI=1S/C19H22BrN/c1-21-14-19(13-15-8-10-17(20)11-9-15)12-4-6-16-5-2-3-7-18(16)19/h2-3,5,7-11,21H,4,6,12-14H2,1H3. The van der Waals surface area contributed by atoms with Crippen molar-refractivity contribution in [3.63, 3.8) is 0 Å². The van der Waals surface area contributed by atoms with Gasteiger partial charge in [0.2, 0.25) is 0 Å². The lowest BCUT2D eigenvalue weighted by Gasteiger charge is -2.39. The summed E-state index contributed by atoms with van der Waals surface area (Å²) in [5.74, 6) is 0. The van der Waals surface area contributed by atoms with E-state index in [4.69, 9.17) is 0 Å². The molecule has 110 valence electrons. The van der Waals surface area contributed by atoms with Gasteiger partial charge in [-0.2, -0.15) is 0 Å². The smallest absolute Gasteiger partial charge is 0.0175 e. The number of nitrogens with one attached hydrogen (secondary N) is 1. The predicted molar refractivity (Wildman–Crippen MR) is 92.8 cm³/mol. The van der Waals surface area contributed by atoms with Crippen LogP contribution in [0, 0.1) is 0 Å². The summed E-state index contributed by atoms with van der Waals surface area (Å²) in [6.45, 7) is 1.04. The number of fused-ring (bicyclic) bond motifs is 1. The molecule has 0 radical (unpaired) electrons. The third kappa shape index (κ3) is 3.07. The van der Waals surface area contributed by atoms with Gasteiger partial charge in [-0.25, -0.2) is 0 Å². The van der Waals surface area contributed by atoms with E-state index in [2.05, 4.69) is 76.8 Å². The lowest BCUT2D eigenvalue weighted by molar-refractivity contribution is 0.345. The quantitative estimate of drug-likeness (QED) is 0.862. The van der Waals surface area contributed by atoms with Crippen molar-refractivity contribution in [1.82, 2.24) is 5.32 Å². The van der Waals surface area contributed by atoms with Crippen molar-refractivity contribution < 1.29 is 0 Å². The number of aryl methyl sites for hydroxylation is 1. The lowest BCUT2D eigenvalue weighted by Crippen LogP contribution is -2.41. The second kappa shape index (κ2) is 6.33. The van der Waals surface area contributed by atoms with Crippen LogP contribution in [0.1, 0.15) is 29.5 Å². The Labute approximate surface area is 135 Å². The zero-order valence-corrected chi connectivity index (χ0v) is 14.1. The first kappa shape index (κ1) is 14.8. The molecular weight excluding hydrogens is 322 g/mol. The first-order valence-corrected chi connectivity index (χ1v) is 8.50. The fourth-order valence-electron chi connectivity index (χ4n) is 3.77. The monoisotopic (exact) mass is 343 g/mol. The van der Waals surface area contributed by atoms with Crippen molar-refractivity contribution in [3.8, 4) is 0 Å². The molecule has 21 heavy (non-hydrogen) atoms. The van der Waals surface area contributed by atoms with Gasteiger partial charge in [0.15, 0.2) is 0 Å². The molecule has 3 rings (SSSR count). The Balaban J connectivity index is 1.99. The van der Waals surface area contributed by atoms with E-state index < -0.39 is 0 Å². The Morgan fingerprint density at radius 2 is 1.86 bits per heavy atom. The second-order valence-corrected chi connectivity index (χ2v) is 7.04. The molecule has 2 aromatic rings. The third-order valence-corrected chi connectivity index (χ3v) is 5.19. The second-order valence-electron chi connectivity index (χ2n) is 6.12. The van der Waals surface area contributed by atoms with Crippen molar-refractivity contribution in [1.29, 1.82) is 0 Å². The number of hydrogen-bond donors (Lipinski definition) is 1. The van der Waals surface area contributed by atoms with E-state index in [1.807, 2.05) is 0 Å². The highest BCUT2D eigenvalue weighted by Crippen LogP contribution is 2.39. The Hall–Kier alpha value is -1.12. The molecule has 0 fully saturated rings. The molecule has 2 heteroatoms. The van der Waals surface area contributed by atoms with Gasteiger partial charge in [-0.05, 0) is 61.6 Å². The summed E-state index contributed by atoms with van der Waals surface area (Å²) in [6.07, 6.45) is 4.89. The topological polar surface area (TPSA) is 12.0 Å². The van der Waals surface area contributed by atoms with Crippen molar-refractivity contribution >= 4 is 15.9 Å². The van der Waals surface area contributed by atoms with Gasteiger partial charge in [-0.15, -0.1) is 0 Å². The molecule has 0 amide bonds. The zero-order chi connectivity index (χ0) is 14.7. The van der Waals surface area contributed by atoms with E-state index in [1.54, 1.807) is 5.56 Å². The van der Waals surface area contributed by atoms with E-state index in [0.29, 0.717) is 0 Å². The van der Waals surface area contributed by atoms with Crippen LogP contribution in [0.5, 0.6) is 0 Å². The van der Waals surface area contributed by atoms with Crippen LogP contribution in [0.15, 0.2) is 53.0 Å². The van der Waals surface area contributed by atoms with E-state index in [1.165, 1.54) is 30.4 Å². The molecule has 2 aromatic carbocycles. The summed E-state index contributed by atoms with van der Waals surface area (Å²) in [4.78, 5) is 0. The molecule has 1 aliphatic rings. The number of benzene rings is 2. The SMILES string of the molecule is CNCC1(Cc2ccc(Br)cc2)CCCc2ccccc21. The maximum Gasteiger partial charge on any atom is 0.0175 e. The van der Waals surface area contributed by atoms with Crippen molar-refractivity contribution in [2.24, 2.45) is 0 Å². The molecule has 1 unspecified atom stereocenters. The van der Waals surface area contributed by atoms with E-state index in [0.717, 1.165) is 17.4 Å². The van der Waals surface area contributed by atoms with Gasteiger partial charge in [0.25, 0.3) is 0 Å². The molecule has 0 heterocycles. The summed E-state index contributed by atoms with van der Waals surface area (Å²) in [5, 5.41) is 3.44. The minimum atomic E-state index is 0.234. The maximum atomic E-state index is 3.53. The van der Waals surface area contributed by atoms with Gasteiger partial charge in [0.1, 0.15) is 0 Å². The lowest BCUT2D eigenvalue weighted by atomic mass is 9.67. The average Bonchev–Trinajstić information content (AvgIpc) is 2.51. The fourth-order valence-corrected chi connectivity index (χ4v) is 4.03. The Morgan fingerprint density at radius 1 is 1.10 bits per heavy atom. The van der Waals surface area contributed by atoms with Crippen LogP contribution in [0.3, 0.4) is 0 Å². The minimum Gasteiger partial charge on any atom is -0.319 e. The molecule has 1 nitrogen and oxygen atoms in total. The molecule has 0 spiro atoms. The number of hydrogen-bond acceptors (Lipinski definition) is 1. The predicted octanol–water partition coefficient (Wildman–Crippen LogP) is 4.49. The largest absolute Gasteiger partial charge is 0.319 e. The van der Waals surface area contributed by atoms with Crippen LogP contribution in [0.4, 0.5) is 0 Å². The van der Waals surface area contributed by atoms with E-state index >= 15 is 0 Å². The zero-order valence-electron chi connectivity index (χ0n) is 12.5. The van der Waals surface area contributed by atoms with Gasteiger partial charge >= 0.3 is 0 Å². The molecule has 0 saturated heterocycles. The molecule has 0 bridgehead atoms. The summed E-state index contributed by atoms with van der Waals surface area (Å²) < 4.78 is 1.15. The molecule has 1 atom stereocenters. The van der Waals surface area contributed by atoms with Crippen molar-refractivity contribution in [3.05, 3.63) is 69.7 Å². The Morgan fingerprint density at radius 3 is 2.62 bits per heavy atom. The molecule has 1 N–H and O–H groups in total. The Kier molecular flexibility index (Phi) is 4.46. The number of likely N-dealkylation sites (N-methyl/N-ethyl adjacent to an activating group) is 1. The van der Waals surface area contributed by atoms with Crippen LogP contribution in [-0.2, 0) is 18.3 Å². The van der Waals surface area contributed by atoms with E-state index in [-0.39, 0.29) is 5.41 Å². The highest BCUT2D eigenvalue weighted by atomic mass is 79.9. The first-order chi connectivity index (χ1) is 10.2. The van der Waals surface area contributed by atoms with Gasteiger partial charge in [0.05, 0.1) is 0 Å². The highest BCUT2D eigenvalue weighted by molar-refractivity contribution is 9.10. The number of halogens is 1. The molecule has 0 aliphatic heterocycles. The van der Waals surface area contributed by atoms with Crippen LogP contribution >= 0.6 is 15.9 Å². The molecule has 0 saturated carbocycles. The normalized spacial score (nSPS) is 21.0. The first-order valence-electron chi connectivity index (χ1n) is 7.71. The average molecular weight is 344 g/mol. The molecular formula is C19H22BrN. The third-order valence-electron chi connectivity index (χ3n) is 4.66. The van der Waals surface area contributed by atoms with Crippen molar-refractivity contribution in [2.75, 3.05) is 13.6 Å². The summed E-state index contributed by atoms with van der Waals surface area (Å²) in [6, 6.07) is 17.8. The van der Waals surface area contributed by atoms with E-state index in [9.17, 15) is 0 Å². The van der Waals surface area contributed by atoms with Gasteiger partial charge in [0, 0.05) is 16.4 Å². The van der Waals surface area contributed by atoms with Crippen LogP contribution < -0.4 is 5.32 Å². The molecule has 1 aliphatic carbocycles. The summed E-state index contributed by atoms with van der Waals surface area (Å²) >= 11 is 3.53. The van der Waals surface area contributed by atoms with Gasteiger partial charge < -0.3 is 5.32 Å². The van der Waals surface area contributed by atoms with Crippen molar-refractivity contribution in [2.45, 2.75) is 31.1 Å². The summed E-state index contributed by atoms with van der Waals surface area (Å²) in [5.41, 5.74) is 4.74. The summed E-state index contributed by atoms with van der Waals surface area (Å²) in [7, 11) is 2.07. The highest BCUT2D eigenvalue weighted by Gasteiger charge is 2.35. The van der Waals surface area contributed by atoms with Gasteiger partial charge in [-0.3, -0.25) is 0 Å². The number of rotatable bonds is 4. The van der Waals surface area contributed by atoms with Crippen LogP contribution in [0.25, 0.3) is 0 Å². The maximum absolute atomic E-state index is 3.53. The molecule has 0 aromatic heterocycles. The Bertz CT molecular complexity index is 605. The van der Waals surface area contributed by atoms with Crippen LogP contribution in [-0.4, -0.2) is 13.6 Å². The minimum absolute atomic E-state index is 0.234. The fraction of sp³-hybridized carbons (Fsp3) is 0.368. The van der Waals surface area contributed by atoms with Crippen LogP contribution in [0.2, 0.25) is 0 Å².